The van der Waals surface area contributed by atoms with Crippen molar-refractivity contribution in [3.8, 4) is 21.9 Å². The minimum atomic E-state index is -0.883. The molecular weight excluding hydrogens is 438 g/mol. The first-order valence-electron chi connectivity index (χ1n) is 10.9. The summed E-state index contributed by atoms with van der Waals surface area (Å²) in [6.45, 7) is 2.74. The summed E-state index contributed by atoms with van der Waals surface area (Å²) in [6.07, 6.45) is 1.28. The second-order valence-electron chi connectivity index (χ2n) is 8.38. The van der Waals surface area contributed by atoms with E-state index in [9.17, 15) is 9.90 Å². The number of nitrogens with two attached hydrogens (primary N) is 1. The van der Waals surface area contributed by atoms with Gasteiger partial charge < -0.3 is 25.2 Å². The highest BCUT2D eigenvalue weighted by atomic mass is 32.1. The molecule has 0 radical (unpaired) electrons. The third-order valence-electron chi connectivity index (χ3n) is 5.81. The molecule has 1 heterocycles. The molecule has 1 aromatic heterocycles. The molecule has 0 bridgehead atoms. The highest BCUT2D eigenvalue weighted by molar-refractivity contribution is 7.19. The number of carbonyl (C=O) groups excluding carboxylic acids is 1. The lowest BCUT2D eigenvalue weighted by atomic mass is 10.1. The number of amides is 1. The van der Waals surface area contributed by atoms with Crippen LogP contribution in [0.3, 0.4) is 0 Å². The molecule has 8 heteroatoms. The number of hydrogen-bond acceptors (Lipinski definition) is 7. The Balaban J connectivity index is 1.61. The minimum absolute atomic E-state index is 0.148. The Kier molecular flexibility index (Phi) is 6.85. The van der Waals surface area contributed by atoms with Crippen LogP contribution in [0, 0.1) is 12.8 Å². The molecule has 174 valence electrons. The van der Waals surface area contributed by atoms with Gasteiger partial charge in [0.25, 0.3) is 5.91 Å². The molecule has 3 N–H and O–H groups in total. The quantitative estimate of drug-likeness (QED) is 0.487. The zero-order chi connectivity index (χ0) is 23.5. The predicted molar refractivity (Wildman–Crippen MR) is 130 cm³/mol. The summed E-state index contributed by atoms with van der Waals surface area (Å²) in [5, 5.41) is 11.3. The summed E-state index contributed by atoms with van der Waals surface area (Å²) < 4.78 is 10.6. The maximum Gasteiger partial charge on any atom is 0.274 e. The van der Waals surface area contributed by atoms with E-state index in [-0.39, 0.29) is 12.5 Å². The fourth-order valence-corrected chi connectivity index (χ4v) is 4.59. The van der Waals surface area contributed by atoms with E-state index in [4.69, 9.17) is 15.2 Å². The molecule has 1 fully saturated rings. The van der Waals surface area contributed by atoms with Crippen LogP contribution >= 0.6 is 11.3 Å². The molecular formula is C25H29N3O4S. The van der Waals surface area contributed by atoms with Gasteiger partial charge >= 0.3 is 0 Å². The molecule has 0 spiro atoms. The van der Waals surface area contributed by atoms with E-state index in [1.165, 1.54) is 11.3 Å². The minimum Gasteiger partial charge on any atom is -0.493 e. The van der Waals surface area contributed by atoms with E-state index in [0.717, 1.165) is 28.8 Å². The van der Waals surface area contributed by atoms with E-state index in [1.54, 1.807) is 37.3 Å². The number of nitrogen functional groups attached to an aromatic ring is 1. The fourth-order valence-electron chi connectivity index (χ4n) is 3.76. The van der Waals surface area contributed by atoms with Crippen molar-refractivity contribution in [1.29, 1.82) is 0 Å². The number of ether oxygens (including phenoxy) is 2. The van der Waals surface area contributed by atoms with Crippen molar-refractivity contribution < 1.29 is 19.4 Å². The zero-order valence-corrected chi connectivity index (χ0v) is 19.9. The van der Waals surface area contributed by atoms with Crippen LogP contribution < -0.4 is 15.2 Å². The lowest BCUT2D eigenvalue weighted by Gasteiger charge is -2.25. The largest absolute Gasteiger partial charge is 0.493 e. The first-order valence-corrected chi connectivity index (χ1v) is 11.7. The summed E-state index contributed by atoms with van der Waals surface area (Å²) >= 11 is 1.30. The summed E-state index contributed by atoms with van der Waals surface area (Å²) in [5.74, 6) is 1.35. The van der Waals surface area contributed by atoms with Crippen molar-refractivity contribution in [2.45, 2.75) is 25.9 Å². The van der Waals surface area contributed by atoms with Crippen molar-refractivity contribution in [3.05, 3.63) is 59.3 Å². The second kappa shape index (κ2) is 9.80. The van der Waals surface area contributed by atoms with Crippen LogP contribution in [0.25, 0.3) is 10.4 Å². The molecule has 1 saturated carbocycles. The fraction of sp³-hybridized carbons (Fsp3) is 0.360. The molecule has 0 saturated heterocycles. The summed E-state index contributed by atoms with van der Waals surface area (Å²) in [6, 6.07) is 13.2. The number of anilines is 1. The number of aliphatic hydroxyl groups excluding tert-OH is 1. The van der Waals surface area contributed by atoms with Gasteiger partial charge in [-0.15, -0.1) is 0 Å². The van der Waals surface area contributed by atoms with E-state index >= 15 is 0 Å². The van der Waals surface area contributed by atoms with E-state index < -0.39 is 6.10 Å². The van der Waals surface area contributed by atoms with Gasteiger partial charge in [0.05, 0.1) is 31.7 Å². The SMILES string of the molecule is COc1ccc(C(O)CN(CC2CC2)C(=O)c2nc(N)sc2-c2ccc(C)cc2)cc1OC. The molecule has 4 rings (SSSR count). The zero-order valence-electron chi connectivity index (χ0n) is 19.1. The third-order valence-corrected chi connectivity index (χ3v) is 6.74. The van der Waals surface area contributed by atoms with Gasteiger partial charge in [0.2, 0.25) is 0 Å². The number of thiazole rings is 1. The number of aliphatic hydroxyl groups is 1. The lowest BCUT2D eigenvalue weighted by Crippen LogP contribution is -2.37. The van der Waals surface area contributed by atoms with E-state index in [1.807, 2.05) is 31.2 Å². The Morgan fingerprint density at radius 2 is 1.88 bits per heavy atom. The summed E-state index contributed by atoms with van der Waals surface area (Å²) in [5.41, 5.74) is 9.04. The van der Waals surface area contributed by atoms with E-state index in [2.05, 4.69) is 4.98 Å². The number of rotatable bonds is 9. The molecule has 2 aromatic carbocycles. The average molecular weight is 468 g/mol. The van der Waals surface area contributed by atoms with Crippen molar-refractivity contribution in [3.63, 3.8) is 0 Å². The number of nitrogens with zero attached hydrogens (tertiary/aromatic N) is 2. The van der Waals surface area contributed by atoms with Crippen LogP contribution in [0.2, 0.25) is 0 Å². The molecule has 7 nitrogen and oxygen atoms in total. The van der Waals surface area contributed by atoms with Crippen LogP contribution in [-0.2, 0) is 0 Å². The molecule has 1 amide bonds. The normalized spacial score (nSPS) is 14.1. The molecule has 33 heavy (non-hydrogen) atoms. The number of carbonyl (C=O) groups is 1. The second-order valence-corrected chi connectivity index (χ2v) is 9.41. The van der Waals surface area contributed by atoms with Crippen molar-refractivity contribution >= 4 is 22.4 Å². The number of aromatic nitrogens is 1. The van der Waals surface area contributed by atoms with Crippen LogP contribution in [0.5, 0.6) is 11.5 Å². The van der Waals surface area contributed by atoms with E-state index in [0.29, 0.717) is 40.4 Å². The maximum atomic E-state index is 13.6. The molecule has 1 unspecified atom stereocenters. The summed E-state index contributed by atoms with van der Waals surface area (Å²) in [7, 11) is 3.12. The first-order chi connectivity index (χ1) is 15.9. The third kappa shape index (κ3) is 5.29. The van der Waals surface area contributed by atoms with Crippen molar-refractivity contribution in [2.24, 2.45) is 5.92 Å². The van der Waals surface area contributed by atoms with Gasteiger partial charge in [0.15, 0.2) is 16.6 Å². The first kappa shape index (κ1) is 23.1. The number of hydrogen-bond donors (Lipinski definition) is 2. The molecule has 1 atom stereocenters. The van der Waals surface area contributed by atoms with Crippen LogP contribution in [0.4, 0.5) is 5.13 Å². The monoisotopic (exact) mass is 467 g/mol. The average Bonchev–Trinajstić information content (AvgIpc) is 3.56. The van der Waals surface area contributed by atoms with Gasteiger partial charge in [-0.2, -0.15) is 0 Å². The van der Waals surface area contributed by atoms with Crippen molar-refractivity contribution in [2.75, 3.05) is 33.0 Å². The van der Waals surface area contributed by atoms with Crippen LogP contribution in [0.1, 0.15) is 40.6 Å². The number of methoxy groups -OCH3 is 2. The molecule has 1 aliphatic rings. The molecule has 3 aromatic rings. The maximum absolute atomic E-state index is 13.6. The molecule has 0 aliphatic heterocycles. The van der Waals surface area contributed by atoms with Gasteiger partial charge in [-0.3, -0.25) is 4.79 Å². The van der Waals surface area contributed by atoms with Gasteiger partial charge in [0, 0.05) is 6.54 Å². The Labute approximate surface area is 197 Å². The standard InChI is InChI=1S/C25H29N3O4S/c1-15-4-8-17(9-5-15)23-22(27-25(26)33-23)24(30)28(13-16-6-7-16)14-19(29)18-10-11-20(31-2)21(12-18)32-3/h4-5,8-12,16,19,29H,6-7,13-14H2,1-3H3,(H2,26,27). The van der Waals surface area contributed by atoms with Gasteiger partial charge in [-0.1, -0.05) is 47.2 Å². The number of aryl methyl sites for hydroxylation is 1. The Morgan fingerprint density at radius 3 is 2.52 bits per heavy atom. The Bertz CT molecular complexity index is 1130. The van der Waals surface area contributed by atoms with Gasteiger partial charge in [-0.25, -0.2) is 4.98 Å². The van der Waals surface area contributed by atoms with Crippen molar-refractivity contribution in [1.82, 2.24) is 9.88 Å². The lowest BCUT2D eigenvalue weighted by molar-refractivity contribution is 0.0606. The Hall–Kier alpha value is -3.10. The van der Waals surface area contributed by atoms with Gasteiger partial charge in [0.1, 0.15) is 5.69 Å². The number of benzene rings is 2. The van der Waals surface area contributed by atoms with Gasteiger partial charge in [-0.05, 0) is 48.9 Å². The molecule has 1 aliphatic carbocycles. The topological polar surface area (TPSA) is 97.9 Å². The smallest absolute Gasteiger partial charge is 0.274 e. The Morgan fingerprint density at radius 1 is 1.18 bits per heavy atom. The highest BCUT2D eigenvalue weighted by Crippen LogP contribution is 2.36. The highest BCUT2D eigenvalue weighted by Gasteiger charge is 2.31. The van der Waals surface area contributed by atoms with Crippen LogP contribution in [0.15, 0.2) is 42.5 Å². The summed E-state index contributed by atoms with van der Waals surface area (Å²) in [4.78, 5) is 20.5. The van der Waals surface area contributed by atoms with Crippen LogP contribution in [-0.4, -0.2) is 48.2 Å². The predicted octanol–water partition coefficient (Wildman–Crippen LogP) is 4.30.